The second kappa shape index (κ2) is 10.5. The van der Waals surface area contributed by atoms with Gasteiger partial charge in [-0.05, 0) is 86.5 Å². The van der Waals surface area contributed by atoms with E-state index in [1.165, 1.54) is 43.1 Å². The molecule has 2 N–H and O–H groups in total. The van der Waals surface area contributed by atoms with Gasteiger partial charge in [0.15, 0.2) is 6.10 Å². The van der Waals surface area contributed by atoms with Gasteiger partial charge >= 0.3 is 6.18 Å². The SMILES string of the molecule is C=CC1CC2CC(CCC3=Nc4c(C(OCC(N)=O)C(F)(F)F)ccc(-c5nccs5)c4C4CCC34)CC1C2. The van der Waals surface area contributed by atoms with Crippen molar-refractivity contribution in [2.45, 2.75) is 69.6 Å². The van der Waals surface area contributed by atoms with E-state index in [0.717, 1.165) is 59.4 Å². The van der Waals surface area contributed by atoms with Crippen molar-refractivity contribution in [2.24, 2.45) is 40.3 Å². The average molecular weight is 558 g/mol. The second-order valence-electron chi connectivity index (χ2n) is 11.8. The third-order valence-corrected chi connectivity index (χ3v) is 10.3. The molecule has 3 fully saturated rings. The molecule has 2 bridgehead atoms. The number of carbonyl (C=O) groups excluding carboxylic acids is 1. The number of benzene rings is 1. The number of fused-ring (bicyclic) bond motifs is 5. The van der Waals surface area contributed by atoms with Crippen molar-refractivity contribution in [3.63, 3.8) is 0 Å². The van der Waals surface area contributed by atoms with E-state index in [0.29, 0.717) is 17.5 Å². The first-order valence-electron chi connectivity index (χ1n) is 14.0. The van der Waals surface area contributed by atoms with Crippen LogP contribution in [0, 0.1) is 29.6 Å². The summed E-state index contributed by atoms with van der Waals surface area (Å²) in [5.74, 6) is 2.17. The van der Waals surface area contributed by atoms with Crippen LogP contribution >= 0.6 is 11.3 Å². The van der Waals surface area contributed by atoms with Gasteiger partial charge in [-0.3, -0.25) is 9.79 Å². The quantitative estimate of drug-likeness (QED) is 0.324. The number of nitrogens with two attached hydrogens (primary N) is 1. The van der Waals surface area contributed by atoms with E-state index in [-0.39, 0.29) is 17.4 Å². The highest BCUT2D eigenvalue weighted by molar-refractivity contribution is 7.13. The smallest absolute Gasteiger partial charge is 0.368 e. The third-order valence-electron chi connectivity index (χ3n) is 9.47. The zero-order valence-corrected chi connectivity index (χ0v) is 22.6. The third kappa shape index (κ3) is 5.08. The monoisotopic (exact) mass is 557 g/mol. The first-order chi connectivity index (χ1) is 18.7. The minimum atomic E-state index is -4.72. The molecule has 7 unspecified atom stereocenters. The van der Waals surface area contributed by atoms with E-state index >= 15 is 0 Å². The Kier molecular flexibility index (Phi) is 7.16. The van der Waals surface area contributed by atoms with Crippen molar-refractivity contribution < 1.29 is 22.7 Å². The van der Waals surface area contributed by atoms with Crippen molar-refractivity contribution in [2.75, 3.05) is 6.61 Å². The highest BCUT2D eigenvalue weighted by Crippen LogP contribution is 2.57. The molecule has 1 aliphatic heterocycles. The van der Waals surface area contributed by atoms with Crippen LogP contribution in [0.1, 0.15) is 74.5 Å². The van der Waals surface area contributed by atoms with Gasteiger partial charge in [-0.25, -0.2) is 4.98 Å². The molecule has 1 aromatic heterocycles. The van der Waals surface area contributed by atoms with Gasteiger partial charge in [-0.1, -0.05) is 18.2 Å². The Bertz CT molecular complexity index is 1270. The molecule has 208 valence electrons. The van der Waals surface area contributed by atoms with Crippen molar-refractivity contribution in [3.8, 4) is 10.6 Å². The minimum Gasteiger partial charge on any atom is -0.368 e. The fraction of sp³-hybridized carbons (Fsp3) is 0.567. The van der Waals surface area contributed by atoms with Gasteiger partial charge in [0.2, 0.25) is 5.91 Å². The van der Waals surface area contributed by atoms with E-state index in [4.69, 9.17) is 15.5 Å². The summed E-state index contributed by atoms with van der Waals surface area (Å²) in [7, 11) is 0. The van der Waals surface area contributed by atoms with Crippen LogP contribution in [0.5, 0.6) is 0 Å². The Morgan fingerprint density at radius 3 is 2.69 bits per heavy atom. The summed E-state index contributed by atoms with van der Waals surface area (Å²) in [6.45, 7) is 3.23. The number of halogens is 3. The lowest BCUT2D eigenvalue weighted by atomic mass is 9.63. The second-order valence-corrected chi connectivity index (χ2v) is 12.7. The van der Waals surface area contributed by atoms with Crippen LogP contribution in [0.15, 0.2) is 41.4 Å². The van der Waals surface area contributed by atoms with E-state index < -0.39 is 24.8 Å². The van der Waals surface area contributed by atoms with E-state index in [2.05, 4.69) is 17.6 Å². The lowest BCUT2D eigenvalue weighted by Crippen LogP contribution is -2.35. The van der Waals surface area contributed by atoms with Gasteiger partial charge in [0.1, 0.15) is 11.6 Å². The molecule has 6 rings (SSSR count). The molecule has 39 heavy (non-hydrogen) atoms. The number of alkyl halides is 3. The zero-order chi connectivity index (χ0) is 27.3. The standard InChI is InChI=1S/C30H34F3N3O2S/c1-2-18-13-17-11-16(12-19(18)14-17)3-8-24-20-4-5-21(20)26-22(29-35-9-10-39-29)6-7-23(27(26)36-24)28(30(31,32)33)38-15-25(34)37/h2,6-7,9-10,16-21,28H,1,3-5,8,11-15H2,(H2,34,37). The summed E-state index contributed by atoms with van der Waals surface area (Å²) in [6.07, 6.45) is 5.57. The molecule has 0 radical (unpaired) electrons. The molecule has 2 heterocycles. The predicted octanol–water partition coefficient (Wildman–Crippen LogP) is 7.51. The number of amides is 1. The molecule has 5 nitrogen and oxygen atoms in total. The number of allylic oxidation sites excluding steroid dienone is 1. The highest BCUT2D eigenvalue weighted by atomic mass is 32.1. The van der Waals surface area contributed by atoms with Crippen molar-refractivity contribution in [1.29, 1.82) is 0 Å². The molecule has 1 amide bonds. The Morgan fingerprint density at radius 1 is 1.21 bits per heavy atom. The maximum atomic E-state index is 14.3. The van der Waals surface area contributed by atoms with E-state index in [1.807, 2.05) is 5.38 Å². The maximum Gasteiger partial charge on any atom is 0.418 e. The van der Waals surface area contributed by atoms with Crippen molar-refractivity contribution >= 4 is 28.6 Å². The van der Waals surface area contributed by atoms with Gasteiger partial charge < -0.3 is 10.5 Å². The Labute approximate surface area is 230 Å². The lowest BCUT2D eigenvalue weighted by Gasteiger charge is -2.43. The van der Waals surface area contributed by atoms with Gasteiger partial charge in [0.05, 0.1) is 5.69 Å². The van der Waals surface area contributed by atoms with Crippen LogP contribution in [0.25, 0.3) is 10.6 Å². The van der Waals surface area contributed by atoms with Crippen LogP contribution < -0.4 is 5.73 Å². The van der Waals surface area contributed by atoms with Gasteiger partial charge in [-0.2, -0.15) is 13.2 Å². The number of aromatic nitrogens is 1. The molecule has 0 saturated heterocycles. The summed E-state index contributed by atoms with van der Waals surface area (Å²) in [4.78, 5) is 20.8. The number of primary amides is 1. The average Bonchev–Trinajstić information content (AvgIpc) is 3.49. The fourth-order valence-corrected chi connectivity index (χ4v) is 8.41. The van der Waals surface area contributed by atoms with Gasteiger partial charge in [-0.15, -0.1) is 17.9 Å². The number of ether oxygens (including phenoxy) is 1. The molecule has 3 aliphatic carbocycles. The lowest BCUT2D eigenvalue weighted by molar-refractivity contribution is -0.222. The van der Waals surface area contributed by atoms with Crippen molar-refractivity contribution in [3.05, 3.63) is 47.5 Å². The van der Waals surface area contributed by atoms with Crippen LogP contribution in [-0.2, 0) is 9.53 Å². The maximum absolute atomic E-state index is 14.3. The topological polar surface area (TPSA) is 77.6 Å². The molecule has 7 atom stereocenters. The molecule has 9 heteroatoms. The fourth-order valence-electron chi connectivity index (χ4n) is 7.73. The Hall–Kier alpha value is -2.52. The largest absolute Gasteiger partial charge is 0.418 e. The molecule has 3 saturated carbocycles. The summed E-state index contributed by atoms with van der Waals surface area (Å²) in [5, 5.41) is 2.65. The number of thiazole rings is 1. The van der Waals surface area contributed by atoms with Crippen LogP contribution in [0.3, 0.4) is 0 Å². The van der Waals surface area contributed by atoms with Crippen LogP contribution in [0.2, 0.25) is 0 Å². The number of rotatable bonds is 9. The number of aliphatic imine (C=N–C) groups is 1. The predicted molar refractivity (Wildman–Crippen MR) is 146 cm³/mol. The Morgan fingerprint density at radius 2 is 2.03 bits per heavy atom. The summed E-state index contributed by atoms with van der Waals surface area (Å²) < 4.78 is 47.9. The normalized spacial score (nSPS) is 30.1. The first kappa shape index (κ1) is 26.7. The minimum absolute atomic E-state index is 0.0496. The number of carbonyl (C=O) groups is 1. The number of nitrogens with zero attached hydrogens (tertiary/aromatic N) is 2. The molecule has 4 aliphatic rings. The van der Waals surface area contributed by atoms with Crippen LogP contribution in [-0.4, -0.2) is 29.4 Å². The zero-order valence-electron chi connectivity index (χ0n) is 21.8. The molecule has 1 aromatic carbocycles. The van der Waals surface area contributed by atoms with Gasteiger partial charge in [0, 0.05) is 34.3 Å². The van der Waals surface area contributed by atoms with Crippen LogP contribution in [0.4, 0.5) is 18.9 Å². The summed E-state index contributed by atoms with van der Waals surface area (Å²) in [5.41, 5.74) is 8.14. The summed E-state index contributed by atoms with van der Waals surface area (Å²) >= 11 is 1.47. The molecule has 2 aromatic rings. The number of hydrogen-bond donors (Lipinski definition) is 1. The molecule has 0 spiro atoms. The molecular formula is C30H34F3N3O2S. The van der Waals surface area contributed by atoms with Crippen molar-refractivity contribution in [1.82, 2.24) is 4.98 Å². The van der Waals surface area contributed by atoms with E-state index in [1.54, 1.807) is 12.3 Å². The molecular weight excluding hydrogens is 523 g/mol. The van der Waals surface area contributed by atoms with E-state index in [9.17, 15) is 18.0 Å². The summed E-state index contributed by atoms with van der Waals surface area (Å²) in [6, 6.07) is 3.16. The highest BCUT2D eigenvalue weighted by Gasteiger charge is 2.48. The number of hydrogen-bond acceptors (Lipinski definition) is 5. The van der Waals surface area contributed by atoms with Gasteiger partial charge in [0.25, 0.3) is 0 Å². The Balaban J connectivity index is 1.35. The first-order valence-corrected chi connectivity index (χ1v) is 14.8.